The number of amides is 2. The van der Waals surface area contributed by atoms with Crippen LogP contribution in [0.3, 0.4) is 0 Å². The summed E-state index contributed by atoms with van der Waals surface area (Å²) < 4.78 is 58.3. The Bertz CT molecular complexity index is 1730. The zero-order valence-corrected chi connectivity index (χ0v) is 20.2. The van der Waals surface area contributed by atoms with Gasteiger partial charge in [-0.15, -0.1) is 0 Å². The van der Waals surface area contributed by atoms with Gasteiger partial charge in [0, 0.05) is 16.9 Å². The number of nitrogens with zero attached hydrogens (tertiary/aromatic N) is 2. The molecule has 1 aliphatic rings. The summed E-state index contributed by atoms with van der Waals surface area (Å²) in [6.07, 6.45) is -4.21. The number of urea groups is 1. The van der Waals surface area contributed by atoms with E-state index in [-0.39, 0.29) is 22.6 Å². The fourth-order valence-corrected chi connectivity index (χ4v) is 4.22. The number of fused-ring (bicyclic) bond motifs is 1. The van der Waals surface area contributed by atoms with Crippen LogP contribution in [-0.4, -0.2) is 17.1 Å². The summed E-state index contributed by atoms with van der Waals surface area (Å²) in [5.41, 5.74) is 6.01. The summed E-state index contributed by atoms with van der Waals surface area (Å²) in [6, 6.07) is 14.7. The van der Waals surface area contributed by atoms with Crippen molar-refractivity contribution in [3.05, 3.63) is 112 Å². The Morgan fingerprint density at radius 3 is 2.42 bits per heavy atom. The molecule has 1 atom stereocenters. The van der Waals surface area contributed by atoms with E-state index in [1.165, 1.54) is 24.5 Å². The normalized spacial score (nSPS) is 14.8. The first kappa shape index (κ1) is 26.3. The minimum absolute atomic E-state index is 0.0147. The lowest BCUT2D eigenvalue weighted by atomic mass is 10.0. The lowest BCUT2D eigenvalue weighted by Gasteiger charge is -2.33. The Morgan fingerprint density at radius 1 is 1.00 bits per heavy atom. The second-order valence-electron chi connectivity index (χ2n) is 8.61. The van der Waals surface area contributed by atoms with E-state index >= 15 is 0 Å². The highest BCUT2D eigenvalue weighted by atomic mass is 19.4. The van der Waals surface area contributed by atoms with E-state index in [0.29, 0.717) is 34.7 Å². The first-order valence-electron chi connectivity index (χ1n) is 11.6. The third kappa shape index (κ3) is 5.04. The number of carbonyl (C=O) groups excluding carboxylic acids is 1. The molecule has 5 rings (SSSR count). The van der Waals surface area contributed by atoms with Crippen LogP contribution in [0, 0.1) is 5.82 Å². The molecule has 0 saturated carbocycles. The third-order valence-electron chi connectivity index (χ3n) is 6.08. The molecule has 13 heteroatoms. The monoisotopic (exact) mass is 553 g/mol. The van der Waals surface area contributed by atoms with Gasteiger partial charge >= 0.3 is 18.2 Å². The number of rotatable bonds is 5. The maximum atomic E-state index is 14.0. The molecule has 5 N–H and O–H groups in total. The van der Waals surface area contributed by atoms with Crippen LogP contribution in [0.25, 0.3) is 5.82 Å². The summed E-state index contributed by atoms with van der Waals surface area (Å²) in [4.78, 5) is 30.5. The molecule has 0 fully saturated rings. The molecule has 3 aromatic carbocycles. The standard InChI is InChI=1S/C27H19F4N5O4/c28-20-10-5-14(27(29,30)31)13-21(20)34-26(39)33-15-6-8-16(9-7-15)36-22(32)19-11-12-40-24(19)35-23(36)17-3-1-2-4-18(17)25(37)38/h1-13,23H,32H2,(H,37,38)(H2,33,34,39). The number of anilines is 3. The minimum Gasteiger partial charge on any atom is -0.478 e. The lowest BCUT2D eigenvalue weighted by Crippen LogP contribution is -2.44. The molecule has 40 heavy (non-hydrogen) atoms. The number of hydrogen-bond acceptors (Lipinski definition) is 6. The van der Waals surface area contributed by atoms with Crippen molar-refractivity contribution >= 4 is 34.9 Å². The van der Waals surface area contributed by atoms with E-state index in [1.54, 1.807) is 41.3 Å². The number of hydrogen-bond donors (Lipinski definition) is 4. The van der Waals surface area contributed by atoms with Crippen molar-refractivity contribution in [1.29, 1.82) is 0 Å². The summed E-state index contributed by atoms with van der Waals surface area (Å²) in [5.74, 6) is -1.95. The molecule has 1 aliphatic heterocycles. The van der Waals surface area contributed by atoms with Gasteiger partial charge in [0.05, 0.1) is 28.3 Å². The Morgan fingerprint density at radius 2 is 1.73 bits per heavy atom. The smallest absolute Gasteiger partial charge is 0.416 e. The van der Waals surface area contributed by atoms with Crippen LogP contribution in [0.1, 0.15) is 27.7 Å². The molecular formula is C27H19F4N5O4. The topological polar surface area (TPSA) is 133 Å². The van der Waals surface area contributed by atoms with E-state index in [9.17, 15) is 32.3 Å². The van der Waals surface area contributed by atoms with Gasteiger partial charge in [-0.25, -0.2) is 19.0 Å². The first-order valence-corrected chi connectivity index (χ1v) is 11.6. The fourth-order valence-electron chi connectivity index (χ4n) is 4.22. The van der Waals surface area contributed by atoms with Crippen LogP contribution in [0.15, 0.2) is 88.5 Å². The zero-order chi connectivity index (χ0) is 28.6. The average Bonchev–Trinajstić information content (AvgIpc) is 3.39. The number of furan rings is 1. The van der Waals surface area contributed by atoms with Gasteiger partial charge in [-0.3, -0.25) is 0 Å². The Labute approximate surface area is 222 Å². The van der Waals surface area contributed by atoms with Crippen LogP contribution < -0.4 is 32.0 Å². The van der Waals surface area contributed by atoms with Crippen molar-refractivity contribution in [2.45, 2.75) is 12.3 Å². The number of benzene rings is 3. The second-order valence-corrected chi connectivity index (χ2v) is 8.61. The van der Waals surface area contributed by atoms with Crippen molar-refractivity contribution in [3.63, 3.8) is 0 Å². The predicted octanol–water partition coefficient (Wildman–Crippen LogP) is 4.64. The SMILES string of the molecule is NC1=c2ccoc2=NC(c2ccccc2C(=O)O)N1c1ccc(NC(=O)Nc2cc(C(F)(F)F)ccc2F)cc1. The number of alkyl halides is 3. The van der Waals surface area contributed by atoms with Crippen LogP contribution >= 0.6 is 0 Å². The molecule has 1 aromatic heterocycles. The number of nitrogens with one attached hydrogen (secondary N) is 2. The number of carboxylic acid groups (broad SMARTS) is 1. The van der Waals surface area contributed by atoms with Crippen molar-refractivity contribution in [1.82, 2.24) is 0 Å². The van der Waals surface area contributed by atoms with Gasteiger partial charge in [-0.2, -0.15) is 13.2 Å². The predicted molar refractivity (Wildman–Crippen MR) is 136 cm³/mol. The first-order chi connectivity index (χ1) is 19.0. The van der Waals surface area contributed by atoms with E-state index in [2.05, 4.69) is 15.6 Å². The van der Waals surface area contributed by atoms with Gasteiger partial charge in [0.1, 0.15) is 11.6 Å². The lowest BCUT2D eigenvalue weighted by molar-refractivity contribution is -0.137. The van der Waals surface area contributed by atoms with Crippen molar-refractivity contribution < 1.29 is 36.7 Å². The summed E-state index contributed by atoms with van der Waals surface area (Å²) >= 11 is 0. The summed E-state index contributed by atoms with van der Waals surface area (Å²) in [7, 11) is 0. The molecule has 1 unspecified atom stereocenters. The molecule has 9 nitrogen and oxygen atoms in total. The number of carboxylic acids is 1. The Kier molecular flexibility index (Phi) is 6.63. The van der Waals surface area contributed by atoms with Crippen LogP contribution in [-0.2, 0) is 6.18 Å². The maximum absolute atomic E-state index is 14.0. The van der Waals surface area contributed by atoms with Crippen LogP contribution in [0.5, 0.6) is 0 Å². The van der Waals surface area contributed by atoms with Gasteiger partial charge in [-0.05, 0) is 54.6 Å². The van der Waals surface area contributed by atoms with E-state index in [0.717, 1.165) is 0 Å². The van der Waals surface area contributed by atoms with Gasteiger partial charge in [0.15, 0.2) is 6.17 Å². The quantitative estimate of drug-likeness (QED) is 0.266. The summed E-state index contributed by atoms with van der Waals surface area (Å²) in [6.45, 7) is 0. The maximum Gasteiger partial charge on any atom is 0.416 e. The van der Waals surface area contributed by atoms with E-state index < -0.39 is 41.4 Å². The molecule has 2 heterocycles. The van der Waals surface area contributed by atoms with Crippen molar-refractivity contribution in [2.75, 3.05) is 15.5 Å². The highest BCUT2D eigenvalue weighted by Gasteiger charge is 2.32. The van der Waals surface area contributed by atoms with Crippen LogP contribution in [0.4, 0.5) is 39.4 Å². The van der Waals surface area contributed by atoms with Gasteiger partial charge in [0.2, 0.25) is 5.55 Å². The summed E-state index contributed by atoms with van der Waals surface area (Å²) in [5, 5.41) is 14.7. The molecular weight excluding hydrogens is 534 g/mol. The van der Waals surface area contributed by atoms with Crippen LogP contribution in [0.2, 0.25) is 0 Å². The second kappa shape index (κ2) is 10.1. The highest BCUT2D eigenvalue weighted by Crippen LogP contribution is 2.34. The van der Waals surface area contributed by atoms with Crippen molar-refractivity contribution in [2.24, 2.45) is 10.7 Å². The molecule has 0 radical (unpaired) electrons. The largest absolute Gasteiger partial charge is 0.478 e. The molecule has 2 amide bonds. The third-order valence-corrected chi connectivity index (χ3v) is 6.08. The van der Waals surface area contributed by atoms with Gasteiger partial charge in [0.25, 0.3) is 0 Å². The van der Waals surface area contributed by atoms with Crippen molar-refractivity contribution in [3.8, 4) is 0 Å². The number of aromatic carboxylic acids is 1. The molecule has 0 bridgehead atoms. The molecule has 0 spiro atoms. The minimum atomic E-state index is -4.71. The fraction of sp³-hybridized carbons (Fsp3) is 0.0741. The highest BCUT2D eigenvalue weighted by molar-refractivity contribution is 6.00. The molecule has 0 aliphatic carbocycles. The molecule has 4 aromatic rings. The zero-order valence-electron chi connectivity index (χ0n) is 20.2. The average molecular weight is 553 g/mol. The van der Waals surface area contributed by atoms with Gasteiger partial charge < -0.3 is 30.8 Å². The Balaban J connectivity index is 1.42. The number of halogens is 4. The Hall–Kier alpha value is -5.33. The number of nitrogens with two attached hydrogens (primary N) is 1. The van der Waals surface area contributed by atoms with Gasteiger partial charge in [-0.1, -0.05) is 18.2 Å². The van der Waals surface area contributed by atoms with E-state index in [1.807, 2.05) is 0 Å². The molecule has 0 saturated heterocycles. The number of carbonyl (C=O) groups is 2. The van der Waals surface area contributed by atoms with E-state index in [4.69, 9.17) is 10.2 Å². The molecule has 204 valence electrons.